The van der Waals surface area contributed by atoms with Crippen molar-refractivity contribution in [3.63, 3.8) is 0 Å². The van der Waals surface area contributed by atoms with E-state index >= 15 is 0 Å². The van der Waals surface area contributed by atoms with Crippen molar-refractivity contribution in [1.82, 2.24) is 0 Å². The van der Waals surface area contributed by atoms with Gasteiger partial charge in [-0.2, -0.15) is 10.5 Å². The highest BCUT2D eigenvalue weighted by Crippen LogP contribution is 2.46. The van der Waals surface area contributed by atoms with Gasteiger partial charge in [0.25, 0.3) is 0 Å². The molecule has 2 heterocycles. The zero-order valence-electron chi connectivity index (χ0n) is 18.4. The Hall–Kier alpha value is -3.50. The minimum atomic E-state index is -0.248. The van der Waals surface area contributed by atoms with E-state index in [1.54, 1.807) is 12.2 Å². The Morgan fingerprint density at radius 1 is 1.10 bits per heavy atom. The van der Waals surface area contributed by atoms with Crippen LogP contribution in [0.3, 0.4) is 0 Å². The second kappa shape index (κ2) is 7.73. The molecule has 2 aliphatic rings. The molecule has 30 heavy (non-hydrogen) atoms. The van der Waals surface area contributed by atoms with Gasteiger partial charge < -0.3 is 9.64 Å². The molecular weight excluding hydrogens is 370 g/mol. The quantitative estimate of drug-likeness (QED) is 0.571. The van der Waals surface area contributed by atoms with Gasteiger partial charge in [0, 0.05) is 34.8 Å². The molecule has 1 aromatic rings. The van der Waals surface area contributed by atoms with Crippen LogP contribution < -0.4 is 4.90 Å². The van der Waals surface area contributed by atoms with Crippen LogP contribution in [0.1, 0.15) is 40.2 Å². The Kier molecular flexibility index (Phi) is 5.47. The van der Waals surface area contributed by atoms with Gasteiger partial charge in [0.2, 0.25) is 0 Å². The molecule has 0 amide bonds. The number of fused-ring (bicyclic) bond motifs is 1. The Bertz CT molecular complexity index is 1090. The lowest BCUT2D eigenvalue weighted by Gasteiger charge is -2.26. The molecule has 0 N–H and O–H groups in total. The van der Waals surface area contributed by atoms with Gasteiger partial charge in [-0.05, 0) is 35.9 Å². The zero-order chi connectivity index (χ0) is 22.1. The number of nitrogens with zero attached hydrogens (tertiary/aromatic N) is 3. The zero-order valence-corrected chi connectivity index (χ0v) is 18.4. The summed E-state index contributed by atoms with van der Waals surface area (Å²) in [4.78, 5) is 2.21. The van der Waals surface area contributed by atoms with Crippen LogP contribution in [-0.2, 0) is 10.2 Å². The van der Waals surface area contributed by atoms with E-state index in [0.717, 1.165) is 5.76 Å². The lowest BCUT2D eigenvalue weighted by molar-refractivity contribution is 0.223. The predicted molar refractivity (Wildman–Crippen MR) is 120 cm³/mol. The first kappa shape index (κ1) is 21.2. The second-order valence-electron chi connectivity index (χ2n) is 9.07. The summed E-state index contributed by atoms with van der Waals surface area (Å²) in [5, 5.41) is 18.6. The normalized spacial score (nSPS) is 19.0. The fourth-order valence-corrected chi connectivity index (χ4v) is 3.81. The summed E-state index contributed by atoms with van der Waals surface area (Å²) < 4.78 is 6.07. The molecule has 0 spiro atoms. The average Bonchev–Trinajstić information content (AvgIpc) is 2.89. The van der Waals surface area contributed by atoms with E-state index in [1.165, 1.54) is 16.9 Å². The monoisotopic (exact) mass is 397 g/mol. The highest BCUT2D eigenvalue weighted by Gasteiger charge is 2.37. The molecule has 0 saturated carbocycles. The number of benzene rings is 1. The number of hydrogen-bond acceptors (Lipinski definition) is 4. The maximum atomic E-state index is 9.28. The Balaban J connectivity index is 1.96. The Morgan fingerprint density at radius 2 is 1.77 bits per heavy atom. The Morgan fingerprint density at radius 3 is 2.37 bits per heavy atom. The third-order valence-corrected chi connectivity index (χ3v) is 5.52. The van der Waals surface area contributed by atoms with Gasteiger partial charge in [-0.1, -0.05) is 58.9 Å². The molecule has 0 aliphatic carbocycles. The van der Waals surface area contributed by atoms with Crippen LogP contribution >= 0.6 is 0 Å². The summed E-state index contributed by atoms with van der Waals surface area (Å²) in [5.74, 6) is 1.33. The van der Waals surface area contributed by atoms with Gasteiger partial charge in [-0.15, -0.1) is 0 Å². The summed E-state index contributed by atoms with van der Waals surface area (Å²) >= 11 is 0. The number of hydrogen-bond donors (Lipinski definition) is 0. The molecule has 152 valence electrons. The number of rotatable bonds is 2. The van der Waals surface area contributed by atoms with Crippen molar-refractivity contribution in [2.75, 3.05) is 11.9 Å². The van der Waals surface area contributed by atoms with E-state index in [9.17, 15) is 10.5 Å². The molecule has 3 rings (SSSR count). The van der Waals surface area contributed by atoms with Crippen LogP contribution in [-0.4, -0.2) is 7.05 Å². The maximum Gasteiger partial charge on any atom is 0.137 e. The maximum absolute atomic E-state index is 9.28. The number of para-hydroxylation sites is 1. The number of ether oxygens (including phenoxy) is 1. The van der Waals surface area contributed by atoms with Crippen LogP contribution in [0.15, 0.2) is 83.0 Å². The minimum Gasteiger partial charge on any atom is -0.461 e. The van der Waals surface area contributed by atoms with E-state index in [4.69, 9.17) is 4.74 Å². The first-order chi connectivity index (χ1) is 14.1. The Labute approximate surface area is 179 Å². The van der Waals surface area contributed by atoms with Crippen molar-refractivity contribution in [2.24, 2.45) is 5.41 Å². The molecule has 0 bridgehead atoms. The first-order valence-electron chi connectivity index (χ1n) is 9.98. The van der Waals surface area contributed by atoms with Gasteiger partial charge >= 0.3 is 0 Å². The van der Waals surface area contributed by atoms with Crippen molar-refractivity contribution >= 4 is 5.69 Å². The van der Waals surface area contributed by atoms with E-state index in [0.29, 0.717) is 11.3 Å². The highest BCUT2D eigenvalue weighted by atomic mass is 16.5. The summed E-state index contributed by atoms with van der Waals surface area (Å²) in [5.41, 5.74) is 4.01. The summed E-state index contributed by atoms with van der Waals surface area (Å²) in [7, 11) is 2.08. The first-order valence-corrected chi connectivity index (χ1v) is 9.98. The van der Waals surface area contributed by atoms with Gasteiger partial charge in [0.15, 0.2) is 0 Å². The van der Waals surface area contributed by atoms with Crippen LogP contribution in [0.5, 0.6) is 0 Å². The number of likely N-dealkylation sites (N-methyl/N-ethyl adjacent to an activating group) is 1. The molecule has 0 atom stereocenters. The van der Waals surface area contributed by atoms with Crippen LogP contribution in [0.2, 0.25) is 0 Å². The predicted octanol–water partition coefficient (Wildman–Crippen LogP) is 6.04. The van der Waals surface area contributed by atoms with Crippen molar-refractivity contribution in [3.05, 3.63) is 88.6 Å². The number of nitriles is 2. The average molecular weight is 398 g/mol. The molecule has 0 fully saturated rings. The molecule has 4 nitrogen and oxygen atoms in total. The number of anilines is 1. The van der Waals surface area contributed by atoms with Crippen molar-refractivity contribution < 1.29 is 4.74 Å². The van der Waals surface area contributed by atoms with Crippen LogP contribution in [0.4, 0.5) is 5.69 Å². The second-order valence-corrected chi connectivity index (χ2v) is 9.07. The molecule has 0 unspecified atom stereocenters. The largest absolute Gasteiger partial charge is 0.461 e. The fourth-order valence-electron chi connectivity index (χ4n) is 3.81. The van der Waals surface area contributed by atoms with E-state index in [-0.39, 0.29) is 16.4 Å². The van der Waals surface area contributed by atoms with Gasteiger partial charge in [0.1, 0.15) is 29.2 Å². The van der Waals surface area contributed by atoms with Crippen molar-refractivity contribution in [2.45, 2.75) is 40.0 Å². The summed E-state index contributed by atoms with van der Waals surface area (Å²) in [6.45, 7) is 10.6. The number of allylic oxidation sites excluding steroid dienone is 9. The molecule has 2 aliphatic heterocycles. The van der Waals surface area contributed by atoms with Crippen LogP contribution in [0, 0.1) is 28.1 Å². The fraction of sp³-hybridized carbons (Fsp3) is 0.308. The summed E-state index contributed by atoms with van der Waals surface area (Å²) in [6.07, 6.45) is 9.46. The van der Waals surface area contributed by atoms with Gasteiger partial charge in [-0.3, -0.25) is 0 Å². The lowest BCUT2D eigenvalue weighted by Crippen LogP contribution is -2.22. The highest BCUT2D eigenvalue weighted by molar-refractivity contribution is 5.70. The third kappa shape index (κ3) is 3.82. The van der Waals surface area contributed by atoms with Crippen molar-refractivity contribution in [1.29, 1.82) is 10.5 Å². The third-order valence-electron chi connectivity index (χ3n) is 5.52. The molecule has 0 aromatic heterocycles. The topological polar surface area (TPSA) is 60.0 Å². The van der Waals surface area contributed by atoms with E-state index in [1.807, 2.05) is 45.1 Å². The molecule has 4 heteroatoms. The molecule has 1 aromatic carbocycles. The van der Waals surface area contributed by atoms with Gasteiger partial charge in [0.05, 0.1) is 0 Å². The SMILES string of the molecule is CN1/C(=C/C=C/C2=CC(=C(C#N)C#N)C=C(C(C)(C)C)O2)C(C)(C)c2ccccc21. The standard InChI is InChI=1S/C26H27N3O/c1-25(2,3)24-15-18(19(16-27)17-28)14-20(30-24)10-9-13-23-26(4,5)21-11-7-8-12-22(21)29(23)6/h7-15H,1-6H3/b10-9+,23-13+. The van der Waals surface area contributed by atoms with E-state index in [2.05, 4.69) is 56.1 Å². The smallest absolute Gasteiger partial charge is 0.137 e. The van der Waals surface area contributed by atoms with E-state index < -0.39 is 0 Å². The van der Waals surface area contributed by atoms with Crippen molar-refractivity contribution in [3.8, 4) is 12.1 Å². The molecular formula is C26H27N3O. The molecule has 0 radical (unpaired) electrons. The van der Waals surface area contributed by atoms with Crippen LogP contribution in [0.25, 0.3) is 0 Å². The lowest BCUT2D eigenvalue weighted by atomic mass is 9.84. The molecule has 0 saturated heterocycles. The minimum absolute atomic E-state index is 0.0800. The van der Waals surface area contributed by atoms with Gasteiger partial charge in [-0.25, -0.2) is 0 Å². The summed E-state index contributed by atoms with van der Waals surface area (Å²) in [6, 6.07) is 12.4.